The van der Waals surface area contributed by atoms with Gasteiger partial charge < -0.3 is 14.2 Å². The molecule has 1 aromatic heterocycles. The summed E-state index contributed by atoms with van der Waals surface area (Å²) < 4.78 is 53.7. The lowest BCUT2D eigenvalue weighted by molar-refractivity contribution is -0.150. The molecule has 0 N–H and O–H groups in total. The van der Waals surface area contributed by atoms with E-state index in [0.29, 0.717) is 10.6 Å². The third-order valence-corrected chi connectivity index (χ3v) is 2.82. The topological polar surface area (TPSA) is 66.8 Å². The molecule has 9 heteroatoms. The van der Waals surface area contributed by atoms with Crippen LogP contribution in [0.4, 0.5) is 13.2 Å². The molecule has 0 saturated heterocycles. The summed E-state index contributed by atoms with van der Waals surface area (Å²) in [6.45, 7) is 0.998. The van der Waals surface area contributed by atoms with E-state index in [9.17, 15) is 22.8 Å². The van der Waals surface area contributed by atoms with Crippen LogP contribution in [0.2, 0.25) is 0 Å². The van der Waals surface area contributed by atoms with E-state index in [-0.39, 0.29) is 6.61 Å². The van der Waals surface area contributed by atoms with E-state index < -0.39 is 41.8 Å². The molecule has 0 saturated carbocycles. The van der Waals surface area contributed by atoms with Crippen molar-refractivity contribution in [3.05, 3.63) is 33.7 Å². The third-order valence-electron chi connectivity index (χ3n) is 2.82. The number of pyridine rings is 1. The Bertz CT molecular complexity index is 578. The summed E-state index contributed by atoms with van der Waals surface area (Å²) >= 11 is 0. The first-order chi connectivity index (χ1) is 10.3. The molecular weight excluding hydrogens is 307 g/mol. The Balaban J connectivity index is 3.42. The van der Waals surface area contributed by atoms with Gasteiger partial charge in [-0.3, -0.25) is 9.36 Å². The van der Waals surface area contributed by atoms with E-state index in [2.05, 4.69) is 4.74 Å². The molecule has 1 rings (SSSR count). The van der Waals surface area contributed by atoms with Gasteiger partial charge in [-0.1, -0.05) is 0 Å². The van der Waals surface area contributed by atoms with Crippen molar-refractivity contribution in [1.82, 2.24) is 4.57 Å². The van der Waals surface area contributed by atoms with E-state index in [4.69, 9.17) is 9.47 Å². The summed E-state index contributed by atoms with van der Waals surface area (Å²) in [5.41, 5.74) is -2.81. The van der Waals surface area contributed by atoms with Crippen molar-refractivity contribution in [3.63, 3.8) is 0 Å². The number of nitrogens with zero attached hydrogens (tertiary/aromatic N) is 1. The summed E-state index contributed by atoms with van der Waals surface area (Å²) in [7, 11) is 2.45. The van der Waals surface area contributed by atoms with E-state index in [1.165, 1.54) is 21.1 Å². The summed E-state index contributed by atoms with van der Waals surface area (Å²) in [4.78, 5) is 23.8. The first-order valence-electron chi connectivity index (χ1n) is 6.30. The van der Waals surface area contributed by atoms with Crippen LogP contribution in [0.1, 0.15) is 23.0 Å². The van der Waals surface area contributed by atoms with Crippen LogP contribution in [0.5, 0.6) is 0 Å². The number of alkyl halides is 3. The minimum absolute atomic E-state index is 0.00192. The lowest BCUT2D eigenvalue weighted by Gasteiger charge is -2.20. The number of ether oxygens (including phenoxy) is 3. The molecule has 22 heavy (non-hydrogen) atoms. The third kappa shape index (κ3) is 4.08. The summed E-state index contributed by atoms with van der Waals surface area (Å²) in [6, 6.07) is 1.45. The zero-order chi connectivity index (χ0) is 16.9. The molecule has 0 unspecified atom stereocenters. The highest BCUT2D eigenvalue weighted by molar-refractivity contribution is 5.88. The van der Waals surface area contributed by atoms with Gasteiger partial charge in [0, 0.05) is 14.2 Å². The number of rotatable bonds is 6. The maximum absolute atomic E-state index is 13.0. The Morgan fingerprint density at radius 3 is 2.32 bits per heavy atom. The fourth-order valence-electron chi connectivity index (χ4n) is 1.77. The number of aromatic nitrogens is 1. The number of carbonyl (C=O) groups is 1. The van der Waals surface area contributed by atoms with Crippen molar-refractivity contribution >= 4 is 5.97 Å². The summed E-state index contributed by atoms with van der Waals surface area (Å²) in [5, 5.41) is 0. The predicted octanol–water partition coefficient (Wildman–Crippen LogP) is 1.66. The minimum atomic E-state index is -4.77. The van der Waals surface area contributed by atoms with Crippen LogP contribution >= 0.6 is 0 Å². The molecule has 0 spiro atoms. The van der Waals surface area contributed by atoms with Crippen molar-refractivity contribution < 1.29 is 32.2 Å². The van der Waals surface area contributed by atoms with Crippen LogP contribution in [0.15, 0.2) is 16.9 Å². The van der Waals surface area contributed by atoms with Gasteiger partial charge in [0.25, 0.3) is 5.56 Å². The highest BCUT2D eigenvalue weighted by Gasteiger charge is 2.36. The van der Waals surface area contributed by atoms with Crippen LogP contribution < -0.4 is 5.56 Å². The maximum Gasteiger partial charge on any atom is 0.431 e. The van der Waals surface area contributed by atoms with Crippen molar-refractivity contribution in [2.45, 2.75) is 25.9 Å². The highest BCUT2D eigenvalue weighted by atomic mass is 19.4. The maximum atomic E-state index is 13.0. The lowest BCUT2D eigenvalue weighted by Crippen LogP contribution is -2.36. The van der Waals surface area contributed by atoms with Gasteiger partial charge in [0.1, 0.15) is 11.3 Å². The molecule has 0 fully saturated rings. The fourth-order valence-corrected chi connectivity index (χ4v) is 1.77. The van der Waals surface area contributed by atoms with Gasteiger partial charge in [-0.05, 0) is 19.1 Å². The number of esters is 1. The molecule has 1 aromatic rings. The van der Waals surface area contributed by atoms with Gasteiger partial charge in [0.2, 0.25) is 0 Å². The molecule has 0 aromatic carbocycles. The first kappa shape index (κ1) is 18.2. The van der Waals surface area contributed by atoms with Crippen molar-refractivity contribution in [3.8, 4) is 0 Å². The lowest BCUT2D eigenvalue weighted by atomic mass is 10.2. The SMILES string of the molecule is CCOC(=O)c1ccc(C(F)(F)F)n(CC(OC)OC)c1=O. The van der Waals surface area contributed by atoms with Gasteiger partial charge in [-0.15, -0.1) is 0 Å². The average Bonchev–Trinajstić information content (AvgIpc) is 2.44. The van der Waals surface area contributed by atoms with Gasteiger partial charge in [0.15, 0.2) is 6.29 Å². The molecule has 6 nitrogen and oxygen atoms in total. The second-order valence-corrected chi connectivity index (χ2v) is 4.17. The quantitative estimate of drug-likeness (QED) is 0.588. The van der Waals surface area contributed by atoms with E-state index in [0.717, 1.165) is 6.07 Å². The van der Waals surface area contributed by atoms with E-state index in [1.54, 1.807) is 0 Å². The second-order valence-electron chi connectivity index (χ2n) is 4.17. The van der Waals surface area contributed by atoms with Crippen LogP contribution in [0.3, 0.4) is 0 Å². The van der Waals surface area contributed by atoms with Crippen molar-refractivity contribution in [2.75, 3.05) is 20.8 Å². The Labute approximate surface area is 124 Å². The number of hydrogen-bond donors (Lipinski definition) is 0. The van der Waals surface area contributed by atoms with Crippen LogP contribution in [0, 0.1) is 0 Å². The Hall–Kier alpha value is -1.87. The fraction of sp³-hybridized carbons (Fsp3) is 0.538. The Morgan fingerprint density at radius 1 is 1.27 bits per heavy atom. The molecule has 0 radical (unpaired) electrons. The zero-order valence-corrected chi connectivity index (χ0v) is 12.3. The van der Waals surface area contributed by atoms with Gasteiger partial charge in [-0.25, -0.2) is 4.79 Å². The summed E-state index contributed by atoms with van der Waals surface area (Å²) in [6.07, 6.45) is -5.84. The van der Waals surface area contributed by atoms with E-state index >= 15 is 0 Å². The van der Waals surface area contributed by atoms with Crippen molar-refractivity contribution in [2.24, 2.45) is 0 Å². The number of halogens is 3. The molecule has 124 valence electrons. The second kappa shape index (κ2) is 7.41. The molecule has 0 bridgehead atoms. The monoisotopic (exact) mass is 323 g/mol. The van der Waals surface area contributed by atoms with Gasteiger partial charge in [-0.2, -0.15) is 13.2 Å². The Kier molecular flexibility index (Phi) is 6.12. The standard InChI is InChI=1S/C13H16F3NO5/c1-4-22-12(19)8-5-6-9(13(14,15)16)17(11(8)18)7-10(20-2)21-3/h5-6,10H,4,7H2,1-3H3. The van der Waals surface area contributed by atoms with Crippen LogP contribution in [-0.2, 0) is 26.9 Å². The molecule has 0 amide bonds. The summed E-state index contributed by atoms with van der Waals surface area (Å²) in [5.74, 6) is -0.985. The largest absolute Gasteiger partial charge is 0.462 e. The molecule has 0 aliphatic carbocycles. The van der Waals surface area contributed by atoms with Gasteiger partial charge in [0.05, 0.1) is 13.2 Å². The number of methoxy groups -OCH3 is 2. The smallest absolute Gasteiger partial charge is 0.431 e. The molecule has 0 aliphatic rings. The number of carbonyl (C=O) groups excluding carboxylic acids is 1. The molecule has 0 aliphatic heterocycles. The number of hydrogen-bond acceptors (Lipinski definition) is 5. The van der Waals surface area contributed by atoms with Crippen LogP contribution in [-0.4, -0.2) is 37.7 Å². The highest BCUT2D eigenvalue weighted by Crippen LogP contribution is 2.28. The molecule has 0 atom stereocenters. The zero-order valence-electron chi connectivity index (χ0n) is 12.3. The van der Waals surface area contributed by atoms with Crippen LogP contribution in [0.25, 0.3) is 0 Å². The minimum Gasteiger partial charge on any atom is -0.462 e. The normalized spacial score (nSPS) is 11.8. The average molecular weight is 323 g/mol. The molecule has 1 heterocycles. The van der Waals surface area contributed by atoms with E-state index in [1.807, 2.05) is 0 Å². The Morgan fingerprint density at radius 2 is 1.86 bits per heavy atom. The predicted molar refractivity (Wildman–Crippen MR) is 69.5 cm³/mol. The molecular formula is C13H16F3NO5. The van der Waals surface area contributed by atoms with Crippen molar-refractivity contribution in [1.29, 1.82) is 0 Å². The van der Waals surface area contributed by atoms with Gasteiger partial charge >= 0.3 is 12.1 Å². The first-order valence-corrected chi connectivity index (χ1v) is 6.30.